The molecule has 1 aliphatic heterocycles. The molecular weight excluding hydrogens is 386 g/mol. The van der Waals surface area contributed by atoms with Crippen LogP contribution in [0.3, 0.4) is 0 Å². The van der Waals surface area contributed by atoms with E-state index in [0.717, 1.165) is 48.9 Å². The molecule has 1 aliphatic rings. The molecule has 0 aliphatic carbocycles. The van der Waals surface area contributed by atoms with Crippen molar-refractivity contribution in [2.75, 3.05) is 26.2 Å². The van der Waals surface area contributed by atoms with Crippen molar-refractivity contribution in [1.29, 1.82) is 0 Å². The zero-order valence-electron chi connectivity index (χ0n) is 15.7. The average Bonchev–Trinajstić information content (AvgIpc) is 3.43. The maximum atomic E-state index is 12.9. The Morgan fingerprint density at radius 2 is 1.97 bits per heavy atom. The van der Waals surface area contributed by atoms with Crippen molar-refractivity contribution >= 4 is 27.5 Å². The van der Waals surface area contributed by atoms with E-state index < -0.39 is 0 Å². The molecule has 4 aromatic rings. The van der Waals surface area contributed by atoms with Gasteiger partial charge in [-0.3, -0.25) is 4.79 Å². The first kappa shape index (κ1) is 17.9. The van der Waals surface area contributed by atoms with E-state index >= 15 is 0 Å². The van der Waals surface area contributed by atoms with Gasteiger partial charge in [0.25, 0.3) is 5.91 Å². The Hall–Kier alpha value is -3.17. The number of para-hydroxylation sites is 1. The van der Waals surface area contributed by atoms with Crippen molar-refractivity contribution in [2.24, 2.45) is 0 Å². The van der Waals surface area contributed by atoms with Crippen LogP contribution in [0, 0.1) is 0 Å². The summed E-state index contributed by atoms with van der Waals surface area (Å²) >= 11 is 1.76. The number of piperazine rings is 1. The summed E-state index contributed by atoms with van der Waals surface area (Å²) < 4.78 is 2.79. The first-order chi connectivity index (χ1) is 14.3. The van der Waals surface area contributed by atoms with E-state index in [9.17, 15) is 4.79 Å². The molecule has 8 nitrogen and oxygen atoms in total. The summed E-state index contributed by atoms with van der Waals surface area (Å²) in [4.78, 5) is 21.1. The highest BCUT2D eigenvalue weighted by atomic mass is 32.1. The third-order valence-corrected chi connectivity index (χ3v) is 6.24. The maximum absolute atomic E-state index is 12.9. The first-order valence-electron chi connectivity index (χ1n) is 9.57. The van der Waals surface area contributed by atoms with Crippen LogP contribution in [0.15, 0.2) is 54.9 Å². The lowest BCUT2D eigenvalue weighted by Crippen LogP contribution is -3.13. The molecule has 0 radical (unpaired) electrons. The number of aromatic nitrogens is 5. The molecule has 0 atom stereocenters. The molecule has 9 heteroatoms. The van der Waals surface area contributed by atoms with Gasteiger partial charge in [-0.05, 0) is 40.8 Å². The quantitative estimate of drug-likeness (QED) is 0.543. The number of benzene rings is 2. The number of rotatable bonds is 4. The van der Waals surface area contributed by atoms with E-state index in [1.54, 1.807) is 16.0 Å². The predicted molar refractivity (Wildman–Crippen MR) is 109 cm³/mol. The number of hydrogen-bond donors (Lipinski definition) is 1. The van der Waals surface area contributed by atoms with Crippen LogP contribution < -0.4 is 4.90 Å². The van der Waals surface area contributed by atoms with Gasteiger partial charge < -0.3 is 9.80 Å². The number of carbonyl (C=O) groups is 1. The van der Waals surface area contributed by atoms with Gasteiger partial charge in [0.15, 0.2) is 0 Å². The van der Waals surface area contributed by atoms with Gasteiger partial charge in [-0.2, -0.15) is 0 Å². The van der Waals surface area contributed by atoms with Gasteiger partial charge in [-0.15, -0.1) is 16.4 Å². The summed E-state index contributed by atoms with van der Waals surface area (Å²) in [5.74, 6) is 0.0546. The van der Waals surface area contributed by atoms with E-state index in [0.29, 0.717) is 5.56 Å². The number of thiazole rings is 1. The summed E-state index contributed by atoms with van der Waals surface area (Å²) in [6.45, 7) is 4.25. The van der Waals surface area contributed by atoms with E-state index in [4.69, 9.17) is 4.98 Å². The number of quaternary nitrogens is 1. The van der Waals surface area contributed by atoms with E-state index in [2.05, 4.69) is 33.7 Å². The second-order valence-corrected chi connectivity index (χ2v) is 8.21. The van der Waals surface area contributed by atoms with E-state index in [1.165, 1.54) is 15.9 Å². The van der Waals surface area contributed by atoms with Gasteiger partial charge in [0.1, 0.15) is 17.9 Å². The number of fused-ring (bicyclic) bond motifs is 1. The molecule has 0 unspecified atom stereocenters. The number of nitrogens with one attached hydrogen (secondary N) is 1. The third kappa shape index (κ3) is 3.74. The highest BCUT2D eigenvalue weighted by Crippen LogP contribution is 2.20. The zero-order valence-corrected chi connectivity index (χ0v) is 16.5. The molecule has 0 saturated carbocycles. The Kier molecular flexibility index (Phi) is 4.74. The Balaban J connectivity index is 1.22. The number of tetrazole rings is 1. The van der Waals surface area contributed by atoms with E-state index in [1.807, 2.05) is 35.2 Å². The van der Waals surface area contributed by atoms with Crippen LogP contribution in [-0.2, 0) is 6.54 Å². The van der Waals surface area contributed by atoms with Crippen molar-refractivity contribution in [3.05, 3.63) is 65.4 Å². The SMILES string of the molecule is O=C(c1cccc(-n2cnnn2)c1)N1CC[NH+](Cc2nc3ccccc3s2)CC1. The lowest BCUT2D eigenvalue weighted by Gasteiger charge is -2.32. The Morgan fingerprint density at radius 1 is 1.10 bits per heavy atom. The molecule has 1 N–H and O–H groups in total. The molecule has 1 fully saturated rings. The second kappa shape index (κ2) is 7.69. The van der Waals surface area contributed by atoms with Crippen LogP contribution in [0.1, 0.15) is 15.4 Å². The number of nitrogens with zero attached hydrogens (tertiary/aromatic N) is 6. The molecule has 3 heterocycles. The van der Waals surface area contributed by atoms with Crippen LogP contribution in [0.4, 0.5) is 0 Å². The van der Waals surface area contributed by atoms with Gasteiger partial charge in [0.05, 0.1) is 42.1 Å². The summed E-state index contributed by atoms with van der Waals surface area (Å²) in [5, 5.41) is 12.3. The fourth-order valence-corrected chi connectivity index (χ4v) is 4.69. The highest BCUT2D eigenvalue weighted by molar-refractivity contribution is 7.18. The van der Waals surface area contributed by atoms with Crippen molar-refractivity contribution in [3.8, 4) is 5.69 Å². The Bertz CT molecular complexity index is 1100. The fraction of sp³-hybridized carbons (Fsp3) is 0.250. The van der Waals surface area contributed by atoms with Crippen molar-refractivity contribution in [3.63, 3.8) is 0 Å². The minimum Gasteiger partial charge on any atom is -0.327 e. The van der Waals surface area contributed by atoms with Gasteiger partial charge >= 0.3 is 0 Å². The van der Waals surface area contributed by atoms with Gasteiger partial charge in [-0.25, -0.2) is 9.67 Å². The van der Waals surface area contributed by atoms with Crippen LogP contribution in [-0.4, -0.2) is 62.2 Å². The molecule has 0 spiro atoms. The molecule has 2 aromatic carbocycles. The Labute approximate surface area is 171 Å². The van der Waals surface area contributed by atoms with E-state index in [-0.39, 0.29) is 5.91 Å². The number of amides is 1. The topological polar surface area (TPSA) is 81.2 Å². The van der Waals surface area contributed by atoms with Crippen LogP contribution in [0.25, 0.3) is 15.9 Å². The molecule has 5 rings (SSSR count). The number of hydrogen-bond acceptors (Lipinski definition) is 6. The summed E-state index contributed by atoms with van der Waals surface area (Å²) in [7, 11) is 0. The second-order valence-electron chi connectivity index (χ2n) is 7.10. The van der Waals surface area contributed by atoms with Crippen LogP contribution in [0.2, 0.25) is 0 Å². The zero-order chi connectivity index (χ0) is 19.6. The molecule has 2 aromatic heterocycles. The first-order valence-corrected chi connectivity index (χ1v) is 10.4. The van der Waals surface area contributed by atoms with Crippen molar-refractivity contribution in [2.45, 2.75) is 6.54 Å². The van der Waals surface area contributed by atoms with Gasteiger partial charge in [0.2, 0.25) is 0 Å². The van der Waals surface area contributed by atoms with Crippen LogP contribution in [0.5, 0.6) is 0 Å². The van der Waals surface area contributed by atoms with Crippen molar-refractivity contribution in [1.82, 2.24) is 30.1 Å². The lowest BCUT2D eigenvalue weighted by atomic mass is 10.1. The fourth-order valence-electron chi connectivity index (χ4n) is 3.66. The lowest BCUT2D eigenvalue weighted by molar-refractivity contribution is -0.917. The monoisotopic (exact) mass is 406 g/mol. The number of carbonyl (C=O) groups excluding carboxylic acids is 1. The van der Waals surface area contributed by atoms with Crippen molar-refractivity contribution < 1.29 is 9.69 Å². The highest BCUT2D eigenvalue weighted by Gasteiger charge is 2.25. The molecule has 29 heavy (non-hydrogen) atoms. The summed E-state index contributed by atoms with van der Waals surface area (Å²) in [5.41, 5.74) is 2.51. The smallest absolute Gasteiger partial charge is 0.254 e. The summed E-state index contributed by atoms with van der Waals surface area (Å²) in [6, 6.07) is 15.7. The average molecular weight is 406 g/mol. The molecule has 146 valence electrons. The largest absolute Gasteiger partial charge is 0.327 e. The normalized spacial score (nSPS) is 15.1. The molecule has 0 bridgehead atoms. The van der Waals surface area contributed by atoms with Gasteiger partial charge in [0, 0.05) is 5.56 Å². The molecular formula is C20H20N7OS+. The summed E-state index contributed by atoms with van der Waals surface area (Å²) in [6.07, 6.45) is 1.52. The standard InChI is InChI=1S/C20H19N7OS/c28-20(15-4-3-5-16(12-15)27-14-21-23-24-27)26-10-8-25(9-11-26)13-19-22-17-6-1-2-7-18(17)29-19/h1-7,12,14H,8-11,13H2/p+1. The predicted octanol–water partition coefficient (Wildman–Crippen LogP) is 0.813. The molecule has 1 saturated heterocycles. The van der Waals surface area contributed by atoms with Gasteiger partial charge in [-0.1, -0.05) is 18.2 Å². The van der Waals surface area contributed by atoms with Crippen LogP contribution >= 0.6 is 11.3 Å². The molecule has 1 amide bonds. The minimum absolute atomic E-state index is 0.0546. The third-order valence-electron chi connectivity index (χ3n) is 5.20. The Morgan fingerprint density at radius 3 is 2.76 bits per heavy atom. The minimum atomic E-state index is 0.0546. The maximum Gasteiger partial charge on any atom is 0.254 e.